The molecule has 0 spiro atoms. The van der Waals surface area contributed by atoms with Crippen LogP contribution < -0.4 is 0 Å². The molecule has 16 aromatic rings. The van der Waals surface area contributed by atoms with Crippen LogP contribution in [0.25, 0.3) is 143 Å². The van der Waals surface area contributed by atoms with Crippen molar-refractivity contribution in [1.82, 2.24) is 9.13 Å². The standard InChI is InChI=1S/C74H48N2.C8H10.C2H4/c1-5-21-49(22-6-1)57-29-13-17-33-67(57)75-69-35-19-15-31-59(69)63-45-55(39-43-71(63)75)53-37-41-61-65(47-53)73(51-25-9-3-10-26-51)62-42-38-54(48-66(62)74(61)52-27-11-4-12-28-52)56-40-44-72-64(46-56)60-32-16-20-36-70(60)76(72)68-34-18-14-30-58(68)50-23-7-2-8-24-50;1-7-5-3-4-6-8(7)2;1-2/h1-48H;3-6H,1-2H3;1-2H2. The summed E-state index contributed by atoms with van der Waals surface area (Å²) in [6, 6.07) is 115. The molecule has 408 valence electrons. The quantitative estimate of drug-likeness (QED) is 0.106. The molecule has 0 amide bonds. The first-order chi connectivity index (χ1) is 42.5. The third-order valence-electron chi connectivity index (χ3n) is 17.1. The summed E-state index contributed by atoms with van der Waals surface area (Å²) < 4.78 is 4.89. The maximum atomic E-state index is 3.00. The largest absolute Gasteiger partial charge is 0.309 e. The Morgan fingerprint density at radius 3 is 0.884 bits per heavy atom. The number of nitrogens with zero attached hydrogens (tertiary/aromatic N) is 2. The minimum atomic E-state index is 1.17. The number of aromatic nitrogens is 2. The molecule has 16 rings (SSSR count). The minimum absolute atomic E-state index is 1.17. The second kappa shape index (κ2) is 22.9. The van der Waals surface area contributed by atoms with Gasteiger partial charge in [0.15, 0.2) is 0 Å². The number of rotatable bonds is 8. The van der Waals surface area contributed by atoms with Gasteiger partial charge in [-0.2, -0.15) is 0 Å². The monoisotopic (exact) mass is 1100 g/mol. The molecule has 0 saturated heterocycles. The Kier molecular flexibility index (Phi) is 14.1. The Morgan fingerprint density at radius 2 is 0.500 bits per heavy atom. The average Bonchev–Trinajstić information content (AvgIpc) is 1.94. The zero-order valence-electron chi connectivity index (χ0n) is 48.3. The summed E-state index contributed by atoms with van der Waals surface area (Å²) in [5, 5.41) is 9.84. The van der Waals surface area contributed by atoms with Crippen molar-refractivity contribution < 1.29 is 0 Å². The summed E-state index contributed by atoms with van der Waals surface area (Å²) in [5.74, 6) is 0. The van der Waals surface area contributed by atoms with Gasteiger partial charge in [-0.3, -0.25) is 0 Å². The number of fused-ring (bicyclic) bond motifs is 8. The van der Waals surface area contributed by atoms with E-state index in [0.29, 0.717) is 0 Å². The Balaban J connectivity index is 0.000000602. The second-order valence-corrected chi connectivity index (χ2v) is 22.0. The van der Waals surface area contributed by atoms with Gasteiger partial charge < -0.3 is 9.13 Å². The topological polar surface area (TPSA) is 9.86 Å². The third-order valence-corrected chi connectivity index (χ3v) is 17.1. The molecule has 0 aliphatic heterocycles. The van der Waals surface area contributed by atoms with Gasteiger partial charge in [-0.05, 0) is 163 Å². The van der Waals surface area contributed by atoms with Crippen molar-refractivity contribution in [2.24, 2.45) is 0 Å². The summed E-state index contributed by atoms with van der Waals surface area (Å²) in [6.07, 6.45) is 0. The van der Waals surface area contributed by atoms with Gasteiger partial charge in [0, 0.05) is 32.7 Å². The van der Waals surface area contributed by atoms with Gasteiger partial charge in [-0.25, -0.2) is 0 Å². The predicted octanol–water partition coefficient (Wildman–Crippen LogP) is 23.3. The van der Waals surface area contributed by atoms with Crippen LogP contribution in [0.5, 0.6) is 0 Å². The molecule has 0 bridgehead atoms. The van der Waals surface area contributed by atoms with Crippen molar-refractivity contribution in [3.05, 3.63) is 340 Å². The second-order valence-electron chi connectivity index (χ2n) is 22.0. The lowest BCUT2D eigenvalue weighted by molar-refractivity contribution is 1.18. The molecule has 0 aliphatic carbocycles. The fraction of sp³-hybridized carbons (Fsp3) is 0.0238. The third kappa shape index (κ3) is 9.44. The lowest BCUT2D eigenvalue weighted by atomic mass is 9.84. The lowest BCUT2D eigenvalue weighted by Gasteiger charge is -2.20. The summed E-state index contributed by atoms with van der Waals surface area (Å²) in [5.41, 5.74) is 24.3. The smallest absolute Gasteiger partial charge is 0.0541 e. The molecule has 14 aromatic carbocycles. The van der Waals surface area contributed by atoms with Gasteiger partial charge in [-0.1, -0.05) is 255 Å². The van der Waals surface area contributed by atoms with Gasteiger partial charge in [0.2, 0.25) is 0 Å². The van der Waals surface area contributed by atoms with E-state index in [1.165, 1.54) is 154 Å². The molecule has 0 fully saturated rings. The average molecular weight is 1100 g/mol. The fourth-order valence-corrected chi connectivity index (χ4v) is 13.0. The van der Waals surface area contributed by atoms with Crippen LogP contribution >= 0.6 is 0 Å². The van der Waals surface area contributed by atoms with E-state index in [1.807, 2.05) is 0 Å². The van der Waals surface area contributed by atoms with Crippen molar-refractivity contribution in [2.45, 2.75) is 13.8 Å². The highest BCUT2D eigenvalue weighted by atomic mass is 15.0. The molecular weight excluding hydrogens is 1040 g/mol. The Bertz CT molecular complexity index is 4820. The van der Waals surface area contributed by atoms with Crippen LogP contribution in [0.3, 0.4) is 0 Å². The normalized spacial score (nSPS) is 11.2. The van der Waals surface area contributed by atoms with E-state index in [-0.39, 0.29) is 0 Å². The van der Waals surface area contributed by atoms with Crippen LogP contribution in [0.4, 0.5) is 0 Å². The fourth-order valence-electron chi connectivity index (χ4n) is 13.0. The summed E-state index contributed by atoms with van der Waals surface area (Å²) in [6.45, 7) is 10.2. The Hall–Kier alpha value is -11.1. The highest BCUT2D eigenvalue weighted by molar-refractivity contribution is 6.23. The van der Waals surface area contributed by atoms with E-state index in [1.54, 1.807) is 0 Å². The van der Waals surface area contributed by atoms with Gasteiger partial charge in [0.25, 0.3) is 0 Å². The van der Waals surface area contributed by atoms with E-state index >= 15 is 0 Å². The molecule has 0 N–H and O–H groups in total. The highest BCUT2D eigenvalue weighted by Gasteiger charge is 2.22. The summed E-state index contributed by atoms with van der Waals surface area (Å²) in [7, 11) is 0. The van der Waals surface area contributed by atoms with Crippen molar-refractivity contribution in [1.29, 1.82) is 0 Å². The van der Waals surface area contributed by atoms with Crippen molar-refractivity contribution in [3.8, 4) is 78.1 Å². The number of hydrogen-bond donors (Lipinski definition) is 0. The van der Waals surface area contributed by atoms with Crippen molar-refractivity contribution in [2.75, 3.05) is 0 Å². The molecule has 86 heavy (non-hydrogen) atoms. The number of hydrogen-bond acceptors (Lipinski definition) is 0. The van der Waals surface area contributed by atoms with Crippen LogP contribution in [-0.4, -0.2) is 9.13 Å². The number of para-hydroxylation sites is 4. The van der Waals surface area contributed by atoms with Gasteiger partial charge in [0.1, 0.15) is 0 Å². The first-order valence-corrected chi connectivity index (χ1v) is 29.6. The van der Waals surface area contributed by atoms with E-state index in [4.69, 9.17) is 0 Å². The van der Waals surface area contributed by atoms with Crippen molar-refractivity contribution >= 4 is 65.2 Å². The van der Waals surface area contributed by atoms with Crippen LogP contribution in [0, 0.1) is 13.8 Å². The number of benzene rings is 14. The molecular formula is C84H62N2. The molecule has 0 atom stereocenters. The van der Waals surface area contributed by atoms with Gasteiger partial charge in [-0.15, -0.1) is 13.2 Å². The first-order valence-electron chi connectivity index (χ1n) is 29.6. The lowest BCUT2D eigenvalue weighted by Crippen LogP contribution is -1.97. The van der Waals surface area contributed by atoms with E-state index in [0.717, 1.165) is 0 Å². The van der Waals surface area contributed by atoms with Gasteiger partial charge >= 0.3 is 0 Å². The molecule has 0 radical (unpaired) electrons. The van der Waals surface area contributed by atoms with Crippen LogP contribution in [0.1, 0.15) is 11.1 Å². The van der Waals surface area contributed by atoms with Crippen LogP contribution in [-0.2, 0) is 0 Å². The Morgan fingerprint density at radius 1 is 0.209 bits per heavy atom. The zero-order valence-corrected chi connectivity index (χ0v) is 48.3. The van der Waals surface area contributed by atoms with Crippen LogP contribution in [0.15, 0.2) is 329 Å². The molecule has 0 unspecified atom stereocenters. The van der Waals surface area contributed by atoms with E-state index in [2.05, 4.69) is 352 Å². The summed E-state index contributed by atoms with van der Waals surface area (Å²) >= 11 is 0. The summed E-state index contributed by atoms with van der Waals surface area (Å²) in [4.78, 5) is 0. The Labute approximate surface area is 503 Å². The van der Waals surface area contributed by atoms with Crippen molar-refractivity contribution in [3.63, 3.8) is 0 Å². The predicted molar refractivity (Wildman–Crippen MR) is 370 cm³/mol. The SMILES string of the molecule is C=C.Cc1ccccc1C.c1ccc(-c2ccccc2-n2c3ccccc3c3cc(-c4ccc5c(-c6ccccc6)c6cc(-c7ccc8c(c7)c7ccccc7n8-c7ccccc7-c7ccccc7)ccc6c(-c6ccccc6)c5c4)ccc32)cc1. The minimum Gasteiger partial charge on any atom is -0.309 e. The molecule has 2 aromatic heterocycles. The highest BCUT2D eigenvalue weighted by Crippen LogP contribution is 2.47. The van der Waals surface area contributed by atoms with Crippen LogP contribution in [0.2, 0.25) is 0 Å². The first kappa shape index (κ1) is 53.0. The molecule has 0 aliphatic rings. The molecule has 2 nitrogen and oxygen atoms in total. The molecule has 0 saturated carbocycles. The van der Waals surface area contributed by atoms with E-state index < -0.39 is 0 Å². The molecule has 2 heterocycles. The van der Waals surface area contributed by atoms with E-state index in [9.17, 15) is 0 Å². The number of aryl methyl sites for hydroxylation is 2. The molecule has 2 heteroatoms. The van der Waals surface area contributed by atoms with Gasteiger partial charge in [0.05, 0.1) is 33.4 Å². The zero-order chi connectivity index (χ0) is 58.1. The maximum Gasteiger partial charge on any atom is 0.0541 e. The maximum absolute atomic E-state index is 3.00.